The third-order valence-corrected chi connectivity index (χ3v) is 3.57. The molecular formula is C14H17ClF3NO2. The number of aliphatic carboxylic acids is 1. The van der Waals surface area contributed by atoms with Crippen LogP contribution in [0, 0.1) is 0 Å². The first-order chi connectivity index (χ1) is 9.38. The summed E-state index contributed by atoms with van der Waals surface area (Å²) in [4.78, 5) is 12.7. The Morgan fingerprint density at radius 3 is 2.38 bits per heavy atom. The largest absolute Gasteiger partial charge is 0.480 e. The van der Waals surface area contributed by atoms with Crippen LogP contribution in [0.3, 0.4) is 0 Å². The lowest BCUT2D eigenvalue weighted by molar-refractivity contribution is -0.139. The van der Waals surface area contributed by atoms with Crippen LogP contribution in [0.5, 0.6) is 0 Å². The van der Waals surface area contributed by atoms with Crippen molar-refractivity contribution >= 4 is 18.4 Å². The fourth-order valence-electron chi connectivity index (χ4n) is 2.63. The second kappa shape index (κ2) is 7.13. The molecule has 1 heterocycles. The minimum Gasteiger partial charge on any atom is -0.480 e. The molecule has 0 bridgehead atoms. The Hall–Kier alpha value is -1.27. The Bertz CT molecular complexity index is 476. The van der Waals surface area contributed by atoms with E-state index in [-0.39, 0.29) is 25.0 Å². The summed E-state index contributed by atoms with van der Waals surface area (Å²) in [5, 5.41) is 8.89. The van der Waals surface area contributed by atoms with Crippen molar-refractivity contribution in [3.63, 3.8) is 0 Å². The molecule has 0 aliphatic carbocycles. The summed E-state index contributed by atoms with van der Waals surface area (Å²) in [5.74, 6) is -0.913. The van der Waals surface area contributed by atoms with Gasteiger partial charge in [0.15, 0.2) is 0 Å². The van der Waals surface area contributed by atoms with E-state index in [1.54, 1.807) is 0 Å². The summed E-state index contributed by atoms with van der Waals surface area (Å²) in [7, 11) is 0. The molecule has 1 fully saturated rings. The average molecular weight is 324 g/mol. The minimum atomic E-state index is -4.34. The smallest absolute Gasteiger partial charge is 0.416 e. The lowest BCUT2D eigenvalue weighted by Gasteiger charge is -2.34. The number of hydrogen-bond donors (Lipinski definition) is 1. The zero-order chi connectivity index (χ0) is 14.8. The SMILES string of the molecule is Cl.O=C(O)CN1CCCCC1c1ccc(C(F)(F)F)cc1. The number of halogens is 4. The minimum absolute atomic E-state index is 0. The van der Waals surface area contributed by atoms with E-state index >= 15 is 0 Å². The van der Waals surface area contributed by atoms with Crippen molar-refractivity contribution in [2.75, 3.05) is 13.1 Å². The second-order valence-corrected chi connectivity index (χ2v) is 5.00. The standard InChI is InChI=1S/C14H16F3NO2.ClH/c15-14(16,17)11-6-4-10(5-7-11)12-3-1-2-8-18(12)9-13(19)20;/h4-7,12H,1-3,8-9H2,(H,19,20);1H. The van der Waals surface area contributed by atoms with Gasteiger partial charge in [0.1, 0.15) is 0 Å². The highest BCUT2D eigenvalue weighted by Gasteiger charge is 2.31. The van der Waals surface area contributed by atoms with Gasteiger partial charge in [-0.3, -0.25) is 9.69 Å². The van der Waals surface area contributed by atoms with E-state index in [1.165, 1.54) is 12.1 Å². The van der Waals surface area contributed by atoms with E-state index in [4.69, 9.17) is 5.11 Å². The van der Waals surface area contributed by atoms with Crippen LogP contribution in [0.1, 0.15) is 36.4 Å². The normalized spacial score (nSPS) is 19.9. The maximum atomic E-state index is 12.5. The van der Waals surface area contributed by atoms with E-state index in [2.05, 4.69) is 0 Å². The molecule has 1 aliphatic rings. The molecule has 1 unspecified atom stereocenters. The number of rotatable bonds is 3. The van der Waals surface area contributed by atoms with Crippen LogP contribution in [0.4, 0.5) is 13.2 Å². The van der Waals surface area contributed by atoms with E-state index < -0.39 is 17.7 Å². The van der Waals surface area contributed by atoms with E-state index in [1.807, 2.05) is 4.90 Å². The average Bonchev–Trinajstić information content (AvgIpc) is 2.38. The molecular weight excluding hydrogens is 307 g/mol. The molecule has 0 aromatic heterocycles. The van der Waals surface area contributed by atoms with Gasteiger partial charge in [-0.1, -0.05) is 18.6 Å². The van der Waals surface area contributed by atoms with E-state index in [0.717, 1.165) is 37.0 Å². The highest BCUT2D eigenvalue weighted by atomic mass is 35.5. The first-order valence-corrected chi connectivity index (χ1v) is 6.51. The molecule has 7 heteroatoms. The van der Waals surface area contributed by atoms with Crippen LogP contribution >= 0.6 is 12.4 Å². The number of carboxylic acid groups (broad SMARTS) is 1. The van der Waals surface area contributed by atoms with Crippen LogP contribution in [0.15, 0.2) is 24.3 Å². The van der Waals surface area contributed by atoms with Gasteiger partial charge in [0, 0.05) is 6.04 Å². The first kappa shape index (κ1) is 17.8. The fourth-order valence-corrected chi connectivity index (χ4v) is 2.63. The Morgan fingerprint density at radius 2 is 1.86 bits per heavy atom. The topological polar surface area (TPSA) is 40.5 Å². The van der Waals surface area contributed by atoms with Crippen molar-refractivity contribution in [2.45, 2.75) is 31.5 Å². The Morgan fingerprint density at radius 1 is 1.24 bits per heavy atom. The number of nitrogens with zero attached hydrogens (tertiary/aromatic N) is 1. The van der Waals surface area contributed by atoms with Crippen molar-refractivity contribution in [1.82, 2.24) is 4.90 Å². The quantitative estimate of drug-likeness (QED) is 0.921. The summed E-state index contributed by atoms with van der Waals surface area (Å²) in [6.07, 6.45) is -1.68. The number of alkyl halides is 3. The highest BCUT2D eigenvalue weighted by molar-refractivity contribution is 5.85. The monoisotopic (exact) mass is 323 g/mol. The number of piperidine rings is 1. The second-order valence-electron chi connectivity index (χ2n) is 5.00. The predicted molar refractivity (Wildman–Crippen MR) is 74.5 cm³/mol. The van der Waals surface area contributed by atoms with Gasteiger partial charge in [-0.15, -0.1) is 12.4 Å². The molecule has 1 aromatic carbocycles. The summed E-state index contributed by atoms with van der Waals surface area (Å²) in [6.45, 7) is 0.587. The van der Waals surface area contributed by atoms with Gasteiger partial charge in [0.2, 0.25) is 0 Å². The van der Waals surface area contributed by atoms with Gasteiger partial charge in [0.05, 0.1) is 12.1 Å². The first-order valence-electron chi connectivity index (χ1n) is 6.51. The van der Waals surface area contributed by atoms with Gasteiger partial charge >= 0.3 is 12.1 Å². The number of hydrogen-bond acceptors (Lipinski definition) is 2. The zero-order valence-corrected chi connectivity index (χ0v) is 12.1. The van der Waals surface area contributed by atoms with Crippen molar-refractivity contribution in [3.05, 3.63) is 35.4 Å². The third-order valence-electron chi connectivity index (χ3n) is 3.57. The van der Waals surface area contributed by atoms with Gasteiger partial charge in [0.25, 0.3) is 0 Å². The highest BCUT2D eigenvalue weighted by Crippen LogP contribution is 2.33. The molecule has 1 N–H and O–H groups in total. The Balaban J connectivity index is 0.00000220. The summed E-state index contributed by atoms with van der Waals surface area (Å²) in [5.41, 5.74) is 0.0702. The summed E-state index contributed by atoms with van der Waals surface area (Å²) < 4.78 is 37.6. The molecule has 0 spiro atoms. The van der Waals surface area contributed by atoms with Crippen molar-refractivity contribution in [1.29, 1.82) is 0 Å². The predicted octanol–water partition coefficient (Wildman–Crippen LogP) is 3.74. The van der Waals surface area contributed by atoms with Crippen LogP contribution in [-0.2, 0) is 11.0 Å². The fraction of sp³-hybridized carbons (Fsp3) is 0.500. The molecule has 1 saturated heterocycles. The van der Waals surface area contributed by atoms with Gasteiger partial charge in [-0.25, -0.2) is 0 Å². The van der Waals surface area contributed by atoms with Crippen molar-refractivity contribution in [3.8, 4) is 0 Å². The molecule has 0 radical (unpaired) electrons. The van der Waals surface area contributed by atoms with Crippen LogP contribution in [0.2, 0.25) is 0 Å². The van der Waals surface area contributed by atoms with E-state index in [9.17, 15) is 18.0 Å². The molecule has 1 aliphatic heterocycles. The lowest BCUT2D eigenvalue weighted by Crippen LogP contribution is -2.37. The molecule has 118 valence electrons. The Kier molecular flexibility index (Phi) is 6.04. The van der Waals surface area contributed by atoms with Crippen molar-refractivity contribution < 1.29 is 23.1 Å². The van der Waals surface area contributed by atoms with Crippen LogP contribution in [0.25, 0.3) is 0 Å². The molecule has 3 nitrogen and oxygen atoms in total. The molecule has 21 heavy (non-hydrogen) atoms. The van der Waals surface area contributed by atoms with E-state index in [0.29, 0.717) is 6.54 Å². The maximum Gasteiger partial charge on any atom is 0.416 e. The lowest BCUT2D eigenvalue weighted by atomic mass is 9.94. The number of benzene rings is 1. The molecule has 2 rings (SSSR count). The van der Waals surface area contributed by atoms with Crippen LogP contribution in [-0.4, -0.2) is 29.1 Å². The number of carbonyl (C=O) groups is 1. The number of carboxylic acids is 1. The summed E-state index contributed by atoms with van der Waals surface area (Å²) in [6, 6.07) is 4.91. The molecule has 0 saturated carbocycles. The Labute approximate surface area is 127 Å². The number of likely N-dealkylation sites (tertiary alicyclic amines) is 1. The van der Waals surface area contributed by atoms with Gasteiger partial charge in [-0.05, 0) is 37.1 Å². The maximum absolute atomic E-state index is 12.5. The summed E-state index contributed by atoms with van der Waals surface area (Å²) >= 11 is 0. The molecule has 1 aromatic rings. The van der Waals surface area contributed by atoms with Gasteiger partial charge in [-0.2, -0.15) is 13.2 Å². The van der Waals surface area contributed by atoms with Gasteiger partial charge < -0.3 is 5.11 Å². The van der Waals surface area contributed by atoms with Crippen molar-refractivity contribution in [2.24, 2.45) is 0 Å². The zero-order valence-electron chi connectivity index (χ0n) is 11.3. The molecule has 1 atom stereocenters. The van der Waals surface area contributed by atoms with Crippen LogP contribution < -0.4 is 0 Å². The third kappa shape index (κ3) is 4.61. The molecule has 0 amide bonds.